The normalized spacial score (nSPS) is 12.8. The van der Waals surface area contributed by atoms with E-state index < -0.39 is 17.0 Å². The minimum absolute atomic E-state index is 0.114. The van der Waals surface area contributed by atoms with Crippen molar-refractivity contribution < 1.29 is 8.78 Å². The zero-order valence-electron chi connectivity index (χ0n) is 9.73. The molecule has 18 heavy (non-hydrogen) atoms. The van der Waals surface area contributed by atoms with Gasteiger partial charge in [0.15, 0.2) is 0 Å². The van der Waals surface area contributed by atoms with E-state index in [0.29, 0.717) is 9.90 Å². The predicted octanol–water partition coefficient (Wildman–Crippen LogP) is 5.62. The van der Waals surface area contributed by atoms with E-state index in [4.69, 9.17) is 23.2 Å². The third kappa shape index (κ3) is 2.40. The lowest BCUT2D eigenvalue weighted by Gasteiger charge is -2.11. The third-order valence-electron chi connectivity index (χ3n) is 2.71. The summed E-state index contributed by atoms with van der Waals surface area (Å²) in [6.07, 6.45) is 0. The molecule has 96 valence electrons. The third-order valence-corrected chi connectivity index (χ3v) is 5.07. The Hall–Kier alpha value is -0.640. The van der Waals surface area contributed by atoms with Crippen molar-refractivity contribution in [3.05, 3.63) is 55.7 Å². The Morgan fingerprint density at radius 3 is 2.33 bits per heavy atom. The van der Waals surface area contributed by atoms with Gasteiger partial charge in [-0.3, -0.25) is 0 Å². The molecule has 0 aliphatic heterocycles. The average Bonchev–Trinajstić information content (AvgIpc) is 2.64. The molecule has 0 aliphatic rings. The summed E-state index contributed by atoms with van der Waals surface area (Å²) < 4.78 is 27.3. The molecule has 1 heterocycles. The minimum atomic E-state index is -0.772. The first-order valence-electron chi connectivity index (χ1n) is 5.25. The number of rotatable bonds is 2. The van der Waals surface area contributed by atoms with Crippen LogP contribution in [0.3, 0.4) is 0 Å². The summed E-state index contributed by atoms with van der Waals surface area (Å²) in [5, 5.41) is 1.59. The van der Waals surface area contributed by atoms with Gasteiger partial charge in [0, 0.05) is 10.4 Å². The van der Waals surface area contributed by atoms with Crippen LogP contribution >= 0.6 is 34.5 Å². The molecular formula is C13H10Cl2F2S. The Kier molecular flexibility index (Phi) is 3.95. The second-order valence-corrected chi connectivity index (χ2v) is 5.81. The predicted molar refractivity (Wildman–Crippen MR) is 72.9 cm³/mol. The molecule has 0 bridgehead atoms. The summed E-state index contributed by atoms with van der Waals surface area (Å²) in [5.41, 5.74) is 1.26. The van der Waals surface area contributed by atoms with E-state index in [-0.39, 0.29) is 11.1 Å². The van der Waals surface area contributed by atoms with Gasteiger partial charge in [0.05, 0.1) is 10.4 Å². The molecule has 5 heteroatoms. The highest BCUT2D eigenvalue weighted by atomic mass is 35.5. The summed E-state index contributed by atoms with van der Waals surface area (Å²) in [6, 6.07) is 2.28. The lowest BCUT2D eigenvalue weighted by Crippen LogP contribution is -1.98. The van der Waals surface area contributed by atoms with E-state index >= 15 is 0 Å². The Bertz CT molecular complexity index is 593. The number of hydrogen-bond donors (Lipinski definition) is 0. The van der Waals surface area contributed by atoms with Crippen LogP contribution in [0.5, 0.6) is 0 Å². The van der Waals surface area contributed by atoms with E-state index in [9.17, 15) is 8.78 Å². The Balaban J connectivity index is 2.49. The molecular weight excluding hydrogens is 297 g/mol. The van der Waals surface area contributed by atoms with Gasteiger partial charge in [-0.2, -0.15) is 0 Å². The zero-order valence-corrected chi connectivity index (χ0v) is 12.1. The van der Waals surface area contributed by atoms with Crippen LogP contribution in [0.1, 0.15) is 26.9 Å². The summed E-state index contributed by atoms with van der Waals surface area (Å²) in [4.78, 5) is 0.637. The van der Waals surface area contributed by atoms with E-state index in [0.717, 1.165) is 17.7 Å². The van der Waals surface area contributed by atoms with Crippen LogP contribution in [0.2, 0.25) is 5.02 Å². The smallest absolute Gasteiger partial charge is 0.128 e. The maximum atomic E-state index is 13.8. The summed E-state index contributed by atoms with van der Waals surface area (Å²) in [6.45, 7) is 3.35. The number of halogens is 4. The van der Waals surface area contributed by atoms with Crippen molar-refractivity contribution in [1.82, 2.24) is 0 Å². The highest BCUT2D eigenvalue weighted by Gasteiger charge is 2.22. The van der Waals surface area contributed by atoms with Gasteiger partial charge < -0.3 is 0 Å². The number of hydrogen-bond acceptors (Lipinski definition) is 1. The Morgan fingerprint density at radius 1 is 1.11 bits per heavy atom. The van der Waals surface area contributed by atoms with Gasteiger partial charge in [0.1, 0.15) is 11.6 Å². The number of aryl methyl sites for hydroxylation is 2. The number of thiophene rings is 1. The van der Waals surface area contributed by atoms with E-state index in [1.54, 1.807) is 0 Å². The van der Waals surface area contributed by atoms with Crippen molar-refractivity contribution in [2.45, 2.75) is 19.2 Å². The van der Waals surface area contributed by atoms with Gasteiger partial charge in [-0.1, -0.05) is 11.6 Å². The molecule has 0 spiro atoms. The van der Waals surface area contributed by atoms with Crippen molar-refractivity contribution in [3.8, 4) is 0 Å². The molecule has 0 fully saturated rings. The number of benzene rings is 1. The first-order chi connectivity index (χ1) is 8.41. The van der Waals surface area contributed by atoms with Crippen molar-refractivity contribution in [3.63, 3.8) is 0 Å². The van der Waals surface area contributed by atoms with Gasteiger partial charge >= 0.3 is 0 Å². The quantitative estimate of drug-likeness (QED) is 0.631. The molecule has 1 unspecified atom stereocenters. The fourth-order valence-corrected chi connectivity index (χ4v) is 3.40. The lowest BCUT2D eigenvalue weighted by atomic mass is 10.1. The highest BCUT2D eigenvalue weighted by molar-refractivity contribution is 7.11. The molecule has 0 N–H and O–H groups in total. The largest absolute Gasteiger partial charge is 0.207 e. The molecule has 0 aliphatic carbocycles. The molecule has 2 aromatic rings. The van der Waals surface area contributed by atoms with Crippen molar-refractivity contribution in [2.24, 2.45) is 0 Å². The summed E-state index contributed by atoms with van der Waals surface area (Å²) >= 11 is 13.6. The first-order valence-corrected chi connectivity index (χ1v) is 6.94. The van der Waals surface area contributed by atoms with E-state index in [2.05, 4.69) is 0 Å². The molecule has 0 saturated carbocycles. The fraction of sp³-hybridized carbons (Fsp3) is 0.231. The van der Waals surface area contributed by atoms with Crippen molar-refractivity contribution in [1.29, 1.82) is 0 Å². The van der Waals surface area contributed by atoms with Gasteiger partial charge in [-0.25, -0.2) is 8.78 Å². The maximum absolute atomic E-state index is 13.8. The van der Waals surface area contributed by atoms with Crippen LogP contribution in [-0.4, -0.2) is 0 Å². The van der Waals surface area contributed by atoms with Gasteiger partial charge in [-0.05, 0) is 42.5 Å². The summed E-state index contributed by atoms with van der Waals surface area (Å²) in [7, 11) is 0. The topological polar surface area (TPSA) is 0 Å². The van der Waals surface area contributed by atoms with Crippen molar-refractivity contribution >= 4 is 34.5 Å². The Labute approximate surface area is 118 Å². The molecule has 0 amide bonds. The SMILES string of the molecule is Cc1cc(F)c(C(Cl)c2scc(C)c2Cl)cc1F. The van der Waals surface area contributed by atoms with Crippen LogP contribution in [0.25, 0.3) is 0 Å². The van der Waals surface area contributed by atoms with Crippen molar-refractivity contribution in [2.75, 3.05) is 0 Å². The van der Waals surface area contributed by atoms with Gasteiger partial charge in [-0.15, -0.1) is 22.9 Å². The lowest BCUT2D eigenvalue weighted by molar-refractivity contribution is 0.581. The second-order valence-electron chi connectivity index (χ2n) is 4.08. The molecule has 0 nitrogen and oxygen atoms in total. The number of alkyl halides is 1. The second kappa shape index (κ2) is 5.16. The van der Waals surface area contributed by atoms with Crippen LogP contribution in [0.15, 0.2) is 17.5 Å². The van der Waals surface area contributed by atoms with Gasteiger partial charge in [0.2, 0.25) is 0 Å². The molecule has 1 aromatic heterocycles. The van der Waals surface area contributed by atoms with Crippen LogP contribution in [0.4, 0.5) is 8.78 Å². The van der Waals surface area contributed by atoms with E-state index in [1.807, 2.05) is 12.3 Å². The van der Waals surface area contributed by atoms with Crippen LogP contribution in [-0.2, 0) is 0 Å². The Morgan fingerprint density at radius 2 is 1.78 bits per heavy atom. The minimum Gasteiger partial charge on any atom is -0.207 e. The van der Waals surface area contributed by atoms with Gasteiger partial charge in [0.25, 0.3) is 0 Å². The fourth-order valence-electron chi connectivity index (χ4n) is 1.62. The molecule has 1 aromatic carbocycles. The molecule has 1 atom stereocenters. The molecule has 0 radical (unpaired) electrons. The van der Waals surface area contributed by atoms with Crippen LogP contribution in [0, 0.1) is 25.5 Å². The van der Waals surface area contributed by atoms with Crippen LogP contribution < -0.4 is 0 Å². The maximum Gasteiger partial charge on any atom is 0.128 e. The average molecular weight is 307 g/mol. The zero-order chi connectivity index (χ0) is 13.4. The standard InChI is InChI=1S/C13H10Cl2F2S/c1-6-3-10(17)8(4-9(6)16)12(15)13-11(14)7(2)5-18-13/h3-5,12H,1-2H3. The first kappa shape index (κ1) is 13.8. The highest BCUT2D eigenvalue weighted by Crippen LogP contribution is 2.40. The summed E-state index contributed by atoms with van der Waals surface area (Å²) in [5.74, 6) is -0.988. The monoisotopic (exact) mass is 306 g/mol. The van der Waals surface area contributed by atoms with E-state index in [1.165, 1.54) is 18.3 Å². The molecule has 0 saturated heterocycles. The molecule has 2 rings (SSSR count).